The predicted octanol–water partition coefficient (Wildman–Crippen LogP) is 3.85. The van der Waals surface area contributed by atoms with Crippen molar-refractivity contribution < 1.29 is 9.53 Å². The smallest absolute Gasteiger partial charge is 0.321 e. The SMILES string of the molecule is O=C(Nc1ccccc1COc1ccccc1)N1CCSCC1. The van der Waals surface area contributed by atoms with Crippen LogP contribution in [0.25, 0.3) is 0 Å². The first kappa shape index (κ1) is 15.7. The Bertz CT molecular complexity index is 642. The molecule has 3 rings (SSSR count). The first-order chi connectivity index (χ1) is 11.3. The quantitative estimate of drug-likeness (QED) is 0.927. The maximum absolute atomic E-state index is 12.4. The Morgan fingerprint density at radius 3 is 2.52 bits per heavy atom. The predicted molar refractivity (Wildman–Crippen MR) is 95.1 cm³/mol. The van der Waals surface area contributed by atoms with E-state index in [1.807, 2.05) is 71.3 Å². The van der Waals surface area contributed by atoms with Crippen molar-refractivity contribution in [2.45, 2.75) is 6.61 Å². The summed E-state index contributed by atoms with van der Waals surface area (Å²) in [6, 6.07) is 17.4. The van der Waals surface area contributed by atoms with Crippen LogP contribution in [0.2, 0.25) is 0 Å². The van der Waals surface area contributed by atoms with Gasteiger partial charge in [-0.05, 0) is 18.2 Å². The number of thioether (sulfide) groups is 1. The molecule has 0 aromatic heterocycles. The van der Waals surface area contributed by atoms with E-state index in [-0.39, 0.29) is 6.03 Å². The minimum Gasteiger partial charge on any atom is -0.489 e. The Balaban J connectivity index is 1.64. The third kappa shape index (κ3) is 4.42. The van der Waals surface area contributed by atoms with Gasteiger partial charge in [-0.3, -0.25) is 0 Å². The lowest BCUT2D eigenvalue weighted by Gasteiger charge is -2.27. The highest BCUT2D eigenvalue weighted by molar-refractivity contribution is 7.99. The molecule has 2 aromatic rings. The number of amides is 2. The van der Waals surface area contributed by atoms with Gasteiger partial charge in [0.2, 0.25) is 0 Å². The van der Waals surface area contributed by atoms with E-state index in [1.165, 1.54) is 0 Å². The summed E-state index contributed by atoms with van der Waals surface area (Å²) in [5.41, 5.74) is 1.78. The number of hydrogen-bond acceptors (Lipinski definition) is 3. The number of urea groups is 1. The maximum Gasteiger partial charge on any atom is 0.321 e. The van der Waals surface area contributed by atoms with Gasteiger partial charge in [-0.2, -0.15) is 11.8 Å². The molecule has 2 aromatic carbocycles. The molecule has 1 saturated heterocycles. The van der Waals surface area contributed by atoms with E-state index in [2.05, 4.69) is 5.32 Å². The van der Waals surface area contributed by atoms with Crippen LogP contribution in [0.5, 0.6) is 5.75 Å². The highest BCUT2D eigenvalue weighted by atomic mass is 32.2. The Hall–Kier alpha value is -2.14. The number of ether oxygens (including phenoxy) is 1. The molecular weight excluding hydrogens is 308 g/mol. The number of nitrogens with one attached hydrogen (secondary N) is 1. The fraction of sp³-hybridized carbons (Fsp3) is 0.278. The second kappa shape index (κ2) is 7.92. The fourth-order valence-corrected chi connectivity index (χ4v) is 3.31. The van der Waals surface area contributed by atoms with Gasteiger partial charge in [0.25, 0.3) is 0 Å². The van der Waals surface area contributed by atoms with Crippen molar-refractivity contribution in [2.24, 2.45) is 0 Å². The number of carbonyl (C=O) groups is 1. The van der Waals surface area contributed by atoms with Crippen molar-refractivity contribution in [3.63, 3.8) is 0 Å². The molecule has 0 bridgehead atoms. The first-order valence-corrected chi connectivity index (χ1v) is 8.88. The van der Waals surface area contributed by atoms with E-state index in [4.69, 9.17) is 4.74 Å². The van der Waals surface area contributed by atoms with Gasteiger partial charge in [0.15, 0.2) is 0 Å². The molecular formula is C18H20N2O2S. The van der Waals surface area contributed by atoms with E-state index >= 15 is 0 Å². The summed E-state index contributed by atoms with van der Waals surface area (Å²) in [5.74, 6) is 2.83. The minimum atomic E-state index is -0.0301. The standard InChI is InChI=1S/C18H20N2O2S/c21-18(20-10-12-23-13-11-20)19-17-9-5-4-6-15(17)14-22-16-7-2-1-3-8-16/h1-9H,10-14H2,(H,19,21). The Morgan fingerprint density at radius 2 is 1.74 bits per heavy atom. The van der Waals surface area contributed by atoms with Gasteiger partial charge in [-0.15, -0.1) is 0 Å². The monoisotopic (exact) mass is 328 g/mol. The van der Waals surface area contributed by atoms with Crippen molar-refractivity contribution in [1.82, 2.24) is 4.90 Å². The average Bonchev–Trinajstić information content (AvgIpc) is 2.62. The number of hydrogen-bond donors (Lipinski definition) is 1. The molecule has 1 heterocycles. The highest BCUT2D eigenvalue weighted by Gasteiger charge is 2.17. The second-order valence-electron chi connectivity index (χ2n) is 5.29. The van der Waals surface area contributed by atoms with Crippen LogP contribution in [0.4, 0.5) is 10.5 Å². The van der Waals surface area contributed by atoms with E-state index < -0.39 is 0 Å². The summed E-state index contributed by atoms with van der Waals surface area (Å²) in [6.45, 7) is 2.04. The molecule has 2 amide bonds. The van der Waals surface area contributed by atoms with E-state index in [0.29, 0.717) is 6.61 Å². The van der Waals surface area contributed by atoms with Crippen LogP contribution in [-0.2, 0) is 6.61 Å². The number of anilines is 1. The molecule has 0 aliphatic carbocycles. The highest BCUT2D eigenvalue weighted by Crippen LogP contribution is 2.19. The third-order valence-corrected chi connectivity index (χ3v) is 4.64. The molecule has 5 heteroatoms. The van der Waals surface area contributed by atoms with Gasteiger partial charge in [-0.25, -0.2) is 4.79 Å². The van der Waals surface area contributed by atoms with Crippen LogP contribution in [0, 0.1) is 0 Å². The van der Waals surface area contributed by atoms with Crippen molar-refractivity contribution >= 4 is 23.5 Å². The lowest BCUT2D eigenvalue weighted by atomic mass is 10.2. The summed E-state index contributed by atoms with van der Waals surface area (Å²) in [5, 5.41) is 3.01. The van der Waals surface area contributed by atoms with Crippen molar-refractivity contribution in [1.29, 1.82) is 0 Å². The second-order valence-corrected chi connectivity index (χ2v) is 6.51. The summed E-state index contributed by atoms with van der Waals surface area (Å²) in [6.07, 6.45) is 0. The van der Waals surface area contributed by atoms with E-state index in [1.54, 1.807) is 0 Å². The summed E-state index contributed by atoms with van der Waals surface area (Å²) in [7, 11) is 0. The van der Waals surface area contributed by atoms with Gasteiger partial charge in [-0.1, -0.05) is 36.4 Å². The molecule has 1 N–H and O–H groups in total. The number of para-hydroxylation sites is 2. The molecule has 120 valence electrons. The van der Waals surface area contributed by atoms with Gasteiger partial charge in [0.1, 0.15) is 12.4 Å². The molecule has 23 heavy (non-hydrogen) atoms. The molecule has 1 aliphatic heterocycles. The van der Waals surface area contributed by atoms with Crippen LogP contribution >= 0.6 is 11.8 Å². The lowest BCUT2D eigenvalue weighted by Crippen LogP contribution is -2.40. The lowest BCUT2D eigenvalue weighted by molar-refractivity contribution is 0.217. The average molecular weight is 328 g/mol. The maximum atomic E-state index is 12.4. The van der Waals surface area contributed by atoms with Gasteiger partial charge in [0.05, 0.1) is 0 Å². The first-order valence-electron chi connectivity index (χ1n) is 7.72. The summed E-state index contributed by atoms with van der Waals surface area (Å²) >= 11 is 1.89. The van der Waals surface area contributed by atoms with Crippen LogP contribution in [0.3, 0.4) is 0 Å². The summed E-state index contributed by atoms with van der Waals surface area (Å²) in [4.78, 5) is 14.2. The van der Waals surface area contributed by atoms with Crippen molar-refractivity contribution in [3.05, 3.63) is 60.2 Å². The number of benzene rings is 2. The zero-order chi connectivity index (χ0) is 15.9. The molecule has 1 aliphatic rings. The van der Waals surface area contributed by atoms with E-state index in [9.17, 15) is 4.79 Å². The van der Waals surface area contributed by atoms with Gasteiger partial charge in [0, 0.05) is 35.8 Å². The van der Waals surface area contributed by atoms with Crippen molar-refractivity contribution in [2.75, 3.05) is 29.9 Å². The Labute approximate surface area is 140 Å². The van der Waals surface area contributed by atoms with Crippen LogP contribution in [0.1, 0.15) is 5.56 Å². The minimum absolute atomic E-state index is 0.0301. The zero-order valence-corrected chi connectivity index (χ0v) is 13.7. The summed E-state index contributed by atoms with van der Waals surface area (Å²) < 4.78 is 5.79. The van der Waals surface area contributed by atoms with Crippen molar-refractivity contribution in [3.8, 4) is 5.75 Å². The number of carbonyl (C=O) groups excluding carboxylic acids is 1. The number of nitrogens with zero attached hydrogens (tertiary/aromatic N) is 1. The number of rotatable bonds is 4. The van der Waals surface area contributed by atoms with Crippen LogP contribution < -0.4 is 10.1 Å². The molecule has 0 radical (unpaired) electrons. The topological polar surface area (TPSA) is 41.6 Å². The Morgan fingerprint density at radius 1 is 1.04 bits per heavy atom. The zero-order valence-electron chi connectivity index (χ0n) is 12.9. The van der Waals surface area contributed by atoms with E-state index in [0.717, 1.165) is 41.6 Å². The molecule has 1 fully saturated rings. The molecule has 0 saturated carbocycles. The largest absolute Gasteiger partial charge is 0.489 e. The van der Waals surface area contributed by atoms with Crippen LogP contribution in [-0.4, -0.2) is 35.5 Å². The molecule has 0 spiro atoms. The fourth-order valence-electron chi connectivity index (χ4n) is 2.41. The normalized spacial score (nSPS) is 14.3. The van der Waals surface area contributed by atoms with Crippen LogP contribution in [0.15, 0.2) is 54.6 Å². The molecule has 4 nitrogen and oxygen atoms in total. The third-order valence-electron chi connectivity index (χ3n) is 3.69. The van der Waals surface area contributed by atoms with Gasteiger partial charge < -0.3 is 15.0 Å². The molecule has 0 atom stereocenters. The molecule has 0 unspecified atom stereocenters. The Kier molecular flexibility index (Phi) is 5.42. The van der Waals surface area contributed by atoms with Gasteiger partial charge >= 0.3 is 6.03 Å².